The van der Waals surface area contributed by atoms with Gasteiger partial charge < -0.3 is 11.1 Å². The van der Waals surface area contributed by atoms with E-state index in [1.54, 1.807) is 38.1 Å². The van der Waals surface area contributed by atoms with Crippen molar-refractivity contribution in [3.8, 4) is 11.1 Å². The van der Waals surface area contributed by atoms with Crippen LogP contribution in [0, 0.1) is 0 Å². The van der Waals surface area contributed by atoms with E-state index < -0.39 is 17.9 Å². The number of benzene rings is 2. The number of amides is 3. The molecule has 3 N–H and O–H groups in total. The average molecular weight is 405 g/mol. The maximum absolute atomic E-state index is 13.4. The molecule has 3 amide bonds. The summed E-state index contributed by atoms with van der Waals surface area (Å²) in [5.41, 5.74) is 9.51. The minimum atomic E-state index is -0.862. The zero-order valence-corrected chi connectivity index (χ0v) is 17.5. The summed E-state index contributed by atoms with van der Waals surface area (Å²) in [7, 11) is 0. The normalized spacial score (nSPS) is 16.6. The highest BCUT2D eigenvalue weighted by Gasteiger charge is 2.37. The molecule has 1 unspecified atom stereocenters. The smallest absolute Gasteiger partial charge is 0.256 e. The van der Waals surface area contributed by atoms with Crippen molar-refractivity contribution >= 4 is 29.1 Å². The number of imide groups is 1. The minimum Gasteiger partial charge on any atom is -0.398 e. The molecule has 2 aromatic carbocycles. The van der Waals surface area contributed by atoms with E-state index in [9.17, 15) is 14.4 Å². The van der Waals surface area contributed by atoms with Crippen molar-refractivity contribution in [2.24, 2.45) is 0 Å². The molecule has 1 aliphatic rings. The monoisotopic (exact) mass is 405 g/mol. The molecule has 1 heterocycles. The molecule has 6 nitrogen and oxygen atoms in total. The summed E-state index contributed by atoms with van der Waals surface area (Å²) in [4.78, 5) is 40.0. The van der Waals surface area contributed by atoms with E-state index in [0.29, 0.717) is 16.9 Å². The molecule has 156 valence electrons. The van der Waals surface area contributed by atoms with Gasteiger partial charge in [0.25, 0.3) is 5.91 Å². The Bertz CT molecular complexity index is 1010. The summed E-state index contributed by atoms with van der Waals surface area (Å²) in [6, 6.07) is 11.9. The van der Waals surface area contributed by atoms with Crippen LogP contribution in [0.1, 0.15) is 45.1 Å². The van der Waals surface area contributed by atoms with Crippen LogP contribution in [-0.4, -0.2) is 23.8 Å². The number of anilines is 2. The van der Waals surface area contributed by atoms with Gasteiger partial charge in [-0.3, -0.25) is 14.4 Å². The van der Waals surface area contributed by atoms with Crippen molar-refractivity contribution < 1.29 is 14.4 Å². The van der Waals surface area contributed by atoms with Gasteiger partial charge in [-0.05, 0) is 43.5 Å². The molecular formula is C24H27N3O3. The van der Waals surface area contributed by atoms with E-state index in [2.05, 4.69) is 5.32 Å². The summed E-state index contributed by atoms with van der Waals surface area (Å²) in [6.07, 6.45) is 4.67. The molecular weight excluding hydrogens is 378 g/mol. The van der Waals surface area contributed by atoms with Gasteiger partial charge in [0.2, 0.25) is 11.8 Å². The molecule has 30 heavy (non-hydrogen) atoms. The van der Waals surface area contributed by atoms with Crippen molar-refractivity contribution in [1.29, 1.82) is 0 Å². The van der Waals surface area contributed by atoms with E-state index in [0.717, 1.165) is 17.5 Å². The Labute approximate surface area is 176 Å². The summed E-state index contributed by atoms with van der Waals surface area (Å²) in [5, 5.41) is 2.69. The molecule has 3 rings (SSSR count). The molecule has 2 aromatic rings. The number of rotatable bonds is 5. The van der Waals surface area contributed by atoms with Crippen molar-refractivity contribution in [2.75, 3.05) is 10.6 Å². The Balaban J connectivity index is 2.00. The second kappa shape index (κ2) is 8.95. The first kappa shape index (κ1) is 21.3. The van der Waals surface area contributed by atoms with Gasteiger partial charge in [-0.1, -0.05) is 49.4 Å². The lowest BCUT2D eigenvalue weighted by Crippen LogP contribution is -2.50. The highest BCUT2D eigenvalue weighted by Crippen LogP contribution is 2.43. The highest BCUT2D eigenvalue weighted by molar-refractivity contribution is 6.22. The van der Waals surface area contributed by atoms with Gasteiger partial charge in [0.15, 0.2) is 0 Å². The van der Waals surface area contributed by atoms with Gasteiger partial charge in [-0.2, -0.15) is 0 Å². The fourth-order valence-corrected chi connectivity index (χ4v) is 3.73. The van der Waals surface area contributed by atoms with Gasteiger partial charge in [0.05, 0.1) is 11.6 Å². The number of carbonyl (C=O) groups excluding carboxylic acids is 3. The van der Waals surface area contributed by atoms with Crippen LogP contribution in [-0.2, 0) is 14.4 Å². The first-order valence-corrected chi connectivity index (χ1v) is 10.2. The summed E-state index contributed by atoms with van der Waals surface area (Å²) < 4.78 is 0. The Hall–Kier alpha value is -3.41. The molecule has 2 atom stereocenters. The van der Waals surface area contributed by atoms with Crippen molar-refractivity contribution in [2.45, 2.75) is 45.6 Å². The second-order valence-electron chi connectivity index (χ2n) is 7.44. The lowest BCUT2D eigenvalue weighted by molar-refractivity contribution is -0.130. The lowest BCUT2D eigenvalue weighted by atomic mass is 9.92. The zero-order chi connectivity index (χ0) is 21.8. The maximum atomic E-state index is 13.4. The van der Waals surface area contributed by atoms with Gasteiger partial charge in [0.1, 0.15) is 6.04 Å². The Morgan fingerprint density at radius 1 is 1.17 bits per heavy atom. The van der Waals surface area contributed by atoms with Crippen molar-refractivity contribution in [1.82, 2.24) is 5.32 Å². The Kier molecular flexibility index (Phi) is 6.35. The topological polar surface area (TPSA) is 92.5 Å². The van der Waals surface area contributed by atoms with Crippen LogP contribution in [0.25, 0.3) is 11.1 Å². The summed E-state index contributed by atoms with van der Waals surface area (Å²) in [5.74, 6) is -1.64. The summed E-state index contributed by atoms with van der Waals surface area (Å²) in [6.45, 7) is 5.35. The third kappa shape index (κ3) is 3.99. The fourth-order valence-electron chi connectivity index (χ4n) is 3.73. The van der Waals surface area contributed by atoms with Gasteiger partial charge in [0, 0.05) is 17.7 Å². The van der Waals surface area contributed by atoms with Crippen LogP contribution in [0.3, 0.4) is 0 Å². The number of nitrogens with zero attached hydrogens (tertiary/aromatic N) is 1. The molecule has 0 bridgehead atoms. The standard InChI is InChI=1S/C24H27N3O3/c1-4-5-6-14-21(28)26-16(3)24(30)27-20-13-9-12-19(25)22(20)18-11-8-7-10-17(18)15(2)23(27)29/h5-13,15-16H,4,14,25H2,1-3H3,(H,26,28)/b6-5+/t15?,16-/m0/s1. The molecule has 0 fully saturated rings. The van der Waals surface area contributed by atoms with Crippen LogP contribution < -0.4 is 16.0 Å². The quantitative estimate of drug-likeness (QED) is 0.585. The molecule has 0 saturated heterocycles. The van der Waals surface area contributed by atoms with Crippen molar-refractivity contribution in [3.05, 3.63) is 60.2 Å². The largest absolute Gasteiger partial charge is 0.398 e. The number of carbonyl (C=O) groups is 3. The third-order valence-corrected chi connectivity index (χ3v) is 5.28. The van der Waals surface area contributed by atoms with E-state index in [-0.39, 0.29) is 18.2 Å². The molecule has 0 aliphatic carbocycles. The number of nitrogens with one attached hydrogen (secondary N) is 1. The molecule has 6 heteroatoms. The van der Waals surface area contributed by atoms with E-state index >= 15 is 0 Å². The molecule has 0 radical (unpaired) electrons. The number of nitrogens with two attached hydrogens (primary N) is 1. The molecule has 1 aliphatic heterocycles. The Morgan fingerprint density at radius 3 is 2.63 bits per heavy atom. The summed E-state index contributed by atoms with van der Waals surface area (Å²) >= 11 is 0. The molecule has 0 aromatic heterocycles. The predicted molar refractivity (Wildman–Crippen MR) is 119 cm³/mol. The van der Waals surface area contributed by atoms with Gasteiger partial charge in [-0.15, -0.1) is 0 Å². The Morgan fingerprint density at radius 2 is 1.90 bits per heavy atom. The van der Waals surface area contributed by atoms with E-state index in [1.807, 2.05) is 37.3 Å². The number of hydrogen-bond donors (Lipinski definition) is 2. The van der Waals surface area contributed by atoms with Crippen LogP contribution in [0.15, 0.2) is 54.6 Å². The molecule has 0 spiro atoms. The van der Waals surface area contributed by atoms with Crippen LogP contribution in [0.5, 0.6) is 0 Å². The molecule has 0 saturated carbocycles. The minimum absolute atomic E-state index is 0.185. The van der Waals surface area contributed by atoms with Gasteiger partial charge in [-0.25, -0.2) is 4.90 Å². The fraction of sp³-hybridized carbons (Fsp3) is 0.292. The number of hydrogen-bond acceptors (Lipinski definition) is 4. The number of allylic oxidation sites excluding steroid dienone is 1. The SMILES string of the molecule is CC/C=C/CC(=O)N[C@@H](C)C(=O)N1C(=O)C(C)c2ccccc2-c2c(N)cccc21. The van der Waals surface area contributed by atoms with Crippen LogP contribution in [0.2, 0.25) is 0 Å². The number of fused-ring (bicyclic) bond motifs is 3. The predicted octanol–water partition coefficient (Wildman–Crippen LogP) is 3.77. The maximum Gasteiger partial charge on any atom is 0.256 e. The van der Waals surface area contributed by atoms with E-state index in [1.165, 1.54) is 4.90 Å². The first-order valence-electron chi connectivity index (χ1n) is 10.2. The lowest BCUT2D eigenvalue weighted by Gasteiger charge is -2.26. The van der Waals surface area contributed by atoms with Crippen molar-refractivity contribution in [3.63, 3.8) is 0 Å². The second-order valence-corrected chi connectivity index (χ2v) is 7.44. The van der Waals surface area contributed by atoms with E-state index in [4.69, 9.17) is 5.73 Å². The highest BCUT2D eigenvalue weighted by atomic mass is 16.2. The van der Waals surface area contributed by atoms with Crippen LogP contribution >= 0.6 is 0 Å². The average Bonchev–Trinajstić information content (AvgIpc) is 2.82. The first-order chi connectivity index (χ1) is 14.4. The van der Waals surface area contributed by atoms with Gasteiger partial charge >= 0.3 is 0 Å². The van der Waals surface area contributed by atoms with Crippen LogP contribution in [0.4, 0.5) is 11.4 Å². The number of nitrogen functional groups attached to an aromatic ring is 1. The zero-order valence-electron chi connectivity index (χ0n) is 17.5. The third-order valence-electron chi connectivity index (χ3n) is 5.28.